The summed E-state index contributed by atoms with van der Waals surface area (Å²) in [6, 6.07) is 16.1. The van der Waals surface area contributed by atoms with Gasteiger partial charge in [0.05, 0.1) is 19.3 Å². The molecule has 1 aromatic heterocycles. The summed E-state index contributed by atoms with van der Waals surface area (Å²) < 4.78 is 52.7. The van der Waals surface area contributed by atoms with Gasteiger partial charge in [0.15, 0.2) is 5.67 Å². The van der Waals surface area contributed by atoms with Gasteiger partial charge < -0.3 is 24.8 Å². The van der Waals surface area contributed by atoms with E-state index in [0.717, 1.165) is 10.1 Å². The highest BCUT2D eigenvalue weighted by Crippen LogP contribution is 2.46. The van der Waals surface area contributed by atoms with E-state index in [1.807, 2.05) is 6.07 Å². The van der Waals surface area contributed by atoms with E-state index in [-0.39, 0.29) is 18.2 Å². The summed E-state index contributed by atoms with van der Waals surface area (Å²) in [5.41, 5.74) is 3.07. The van der Waals surface area contributed by atoms with E-state index in [9.17, 15) is 19.3 Å². The zero-order valence-electron chi connectivity index (χ0n) is 22.5. The lowest BCUT2D eigenvalue weighted by atomic mass is 9.91. The number of carbonyl (C=O) groups excluding carboxylic acids is 1. The third kappa shape index (κ3) is 7.38. The quantitative estimate of drug-likeness (QED) is 0.210. The summed E-state index contributed by atoms with van der Waals surface area (Å²) in [5.74, 6) is -0.573. The fourth-order valence-electron chi connectivity index (χ4n) is 4.20. The number of nitrogens with zero attached hydrogens (tertiary/aromatic N) is 2. The number of para-hydroxylation sites is 1. The molecule has 2 heterocycles. The number of alkyl halides is 1. The first-order valence-corrected chi connectivity index (χ1v) is 14.4. The summed E-state index contributed by atoms with van der Waals surface area (Å²) in [4.78, 5) is 28.5. The molecule has 0 saturated carbocycles. The van der Waals surface area contributed by atoms with Gasteiger partial charge in [-0.2, -0.15) is 10.1 Å². The Kier molecular flexibility index (Phi) is 9.57. The normalized spacial score (nSPS) is 23.3. The Hall–Kier alpha value is -3.61. The molecule has 0 bridgehead atoms. The number of hydrogen-bond donors (Lipinski definition) is 3. The summed E-state index contributed by atoms with van der Waals surface area (Å²) >= 11 is 0. The maximum absolute atomic E-state index is 16.0. The number of nitrogen functional groups attached to an aromatic ring is 1. The molecule has 220 valence electrons. The predicted molar refractivity (Wildman–Crippen MR) is 147 cm³/mol. The number of rotatable bonds is 12. The molecule has 12 nitrogen and oxygen atoms in total. The van der Waals surface area contributed by atoms with Gasteiger partial charge in [-0.05, 0) is 37.6 Å². The van der Waals surface area contributed by atoms with Crippen molar-refractivity contribution < 1.29 is 37.4 Å². The second kappa shape index (κ2) is 12.9. The zero-order chi connectivity index (χ0) is 29.6. The first kappa shape index (κ1) is 30.4. The van der Waals surface area contributed by atoms with Gasteiger partial charge in [0.25, 0.3) is 0 Å². The van der Waals surface area contributed by atoms with Crippen LogP contribution in [0.2, 0.25) is 0 Å². The monoisotopic (exact) mass is 590 g/mol. The van der Waals surface area contributed by atoms with Crippen LogP contribution in [-0.4, -0.2) is 57.8 Å². The van der Waals surface area contributed by atoms with Crippen LogP contribution in [0.1, 0.15) is 25.5 Å². The second-order valence-electron chi connectivity index (χ2n) is 9.58. The standard InChI is InChI=1S/C27H32FN4O8P/c1-18(25(34)37-15-20-9-5-3-6-10-20)31-41(36,40-21-11-7-4-8-12-21)39-16-22-24(33)27(28,17-38-22)19(2)32-14-13-23(29)30-26(32)35/h3-14,18-19,22,24,33H,15-17H2,1-2H3,(H,31,36)(H2,29,30,35)/t18-,19+,22?,24?,27+,41?/m0/s1. The largest absolute Gasteiger partial charge is 0.460 e. The van der Waals surface area contributed by atoms with Gasteiger partial charge in [0, 0.05) is 6.20 Å². The maximum Gasteiger partial charge on any atom is 0.459 e. The minimum absolute atomic E-state index is 0.00187. The first-order chi connectivity index (χ1) is 19.5. The molecule has 0 radical (unpaired) electrons. The van der Waals surface area contributed by atoms with Crippen molar-refractivity contribution in [1.82, 2.24) is 14.6 Å². The molecule has 4 N–H and O–H groups in total. The van der Waals surface area contributed by atoms with Crippen LogP contribution in [0.15, 0.2) is 77.7 Å². The maximum atomic E-state index is 16.0. The lowest BCUT2D eigenvalue weighted by Crippen LogP contribution is -2.49. The number of aromatic nitrogens is 2. The molecule has 1 fully saturated rings. The van der Waals surface area contributed by atoms with Crippen molar-refractivity contribution in [1.29, 1.82) is 0 Å². The number of nitrogens with one attached hydrogen (secondary N) is 1. The van der Waals surface area contributed by atoms with E-state index < -0.39 is 62.6 Å². The molecular formula is C27H32FN4O8P. The van der Waals surface area contributed by atoms with Gasteiger partial charge in [-0.15, -0.1) is 0 Å². The van der Waals surface area contributed by atoms with Gasteiger partial charge in [-0.3, -0.25) is 13.9 Å². The minimum Gasteiger partial charge on any atom is -0.460 e. The predicted octanol–water partition coefficient (Wildman–Crippen LogP) is 2.78. The van der Waals surface area contributed by atoms with Gasteiger partial charge in [-0.1, -0.05) is 48.5 Å². The van der Waals surface area contributed by atoms with E-state index >= 15 is 4.39 Å². The number of carbonyl (C=O) groups is 1. The molecule has 41 heavy (non-hydrogen) atoms. The molecule has 14 heteroatoms. The van der Waals surface area contributed by atoms with Gasteiger partial charge in [-0.25, -0.2) is 13.8 Å². The molecule has 4 rings (SSSR count). The molecule has 0 spiro atoms. The molecule has 0 amide bonds. The van der Waals surface area contributed by atoms with Gasteiger partial charge in [0.2, 0.25) is 0 Å². The number of anilines is 1. The number of aliphatic hydroxyl groups is 1. The van der Waals surface area contributed by atoms with Crippen LogP contribution < -0.4 is 21.0 Å². The van der Waals surface area contributed by atoms with Gasteiger partial charge in [0.1, 0.15) is 36.4 Å². The summed E-state index contributed by atoms with van der Waals surface area (Å²) in [6.07, 6.45) is -1.78. The Labute approximate surface area is 235 Å². The van der Waals surface area contributed by atoms with E-state index in [4.69, 9.17) is 24.3 Å². The summed E-state index contributed by atoms with van der Waals surface area (Å²) in [5, 5.41) is 13.4. The first-order valence-electron chi connectivity index (χ1n) is 12.8. The van der Waals surface area contributed by atoms with Gasteiger partial charge >= 0.3 is 19.4 Å². The zero-order valence-corrected chi connectivity index (χ0v) is 23.4. The molecule has 0 aliphatic carbocycles. The van der Waals surface area contributed by atoms with E-state index in [1.54, 1.807) is 42.5 Å². The molecule has 1 aliphatic rings. The highest BCUT2D eigenvalue weighted by Gasteiger charge is 2.55. The number of benzene rings is 2. The number of ether oxygens (including phenoxy) is 2. The number of halogens is 1. The van der Waals surface area contributed by atoms with Crippen molar-refractivity contribution in [3.05, 3.63) is 89.0 Å². The van der Waals surface area contributed by atoms with Crippen molar-refractivity contribution in [2.45, 2.75) is 50.4 Å². The van der Waals surface area contributed by atoms with E-state index in [2.05, 4.69) is 10.1 Å². The van der Waals surface area contributed by atoms with Crippen LogP contribution in [-0.2, 0) is 30.0 Å². The molecule has 1 saturated heterocycles. The average Bonchev–Trinajstić information content (AvgIpc) is 3.25. The smallest absolute Gasteiger partial charge is 0.459 e. The van der Waals surface area contributed by atoms with Crippen LogP contribution in [0.25, 0.3) is 0 Å². The Balaban J connectivity index is 1.44. The fraction of sp³-hybridized carbons (Fsp3) is 0.370. The Morgan fingerprint density at radius 2 is 1.88 bits per heavy atom. The van der Waals surface area contributed by atoms with Crippen molar-refractivity contribution in [2.24, 2.45) is 0 Å². The van der Waals surface area contributed by atoms with Crippen molar-refractivity contribution in [2.75, 3.05) is 18.9 Å². The molecule has 3 aromatic rings. The average molecular weight is 591 g/mol. The van der Waals surface area contributed by atoms with Crippen LogP contribution in [0.4, 0.5) is 10.2 Å². The third-order valence-electron chi connectivity index (χ3n) is 6.63. The second-order valence-corrected chi connectivity index (χ2v) is 11.3. The minimum atomic E-state index is -4.31. The van der Waals surface area contributed by atoms with Crippen molar-refractivity contribution in [3.63, 3.8) is 0 Å². The molecule has 6 atom stereocenters. The van der Waals surface area contributed by atoms with Crippen LogP contribution in [0.3, 0.4) is 0 Å². The number of aliphatic hydroxyl groups excluding tert-OH is 1. The van der Waals surface area contributed by atoms with E-state index in [0.29, 0.717) is 0 Å². The molecular weight excluding hydrogens is 558 g/mol. The van der Waals surface area contributed by atoms with Crippen LogP contribution in [0.5, 0.6) is 5.75 Å². The van der Waals surface area contributed by atoms with E-state index in [1.165, 1.54) is 38.2 Å². The molecule has 1 aliphatic heterocycles. The lowest BCUT2D eigenvalue weighted by Gasteiger charge is -2.31. The molecule has 3 unspecified atom stereocenters. The topological polar surface area (TPSA) is 164 Å². The Morgan fingerprint density at radius 1 is 1.22 bits per heavy atom. The SMILES string of the molecule is C[C@H](NP(=O)(OCC1OC[C@@](F)([C@@H](C)n2ccc(N)nc2=O)C1O)Oc1ccccc1)C(=O)OCc1ccccc1. The summed E-state index contributed by atoms with van der Waals surface area (Å²) in [6.45, 7) is 1.66. The fourth-order valence-corrected chi connectivity index (χ4v) is 5.71. The lowest BCUT2D eigenvalue weighted by molar-refractivity contribution is -0.146. The highest BCUT2D eigenvalue weighted by molar-refractivity contribution is 7.52. The van der Waals surface area contributed by atoms with Crippen LogP contribution in [0, 0.1) is 0 Å². The number of nitrogens with two attached hydrogens (primary N) is 1. The number of hydrogen-bond acceptors (Lipinski definition) is 10. The Bertz CT molecular complexity index is 1430. The number of esters is 1. The van der Waals surface area contributed by atoms with Crippen molar-refractivity contribution >= 4 is 19.5 Å². The Morgan fingerprint density at radius 3 is 2.54 bits per heavy atom. The van der Waals surface area contributed by atoms with Crippen LogP contribution >= 0.6 is 7.75 Å². The van der Waals surface area contributed by atoms with Crippen molar-refractivity contribution in [3.8, 4) is 5.75 Å². The highest BCUT2D eigenvalue weighted by atomic mass is 31.2. The third-order valence-corrected chi connectivity index (χ3v) is 8.28. The summed E-state index contributed by atoms with van der Waals surface area (Å²) in [7, 11) is -4.31. The molecule has 2 aromatic carbocycles.